The van der Waals surface area contributed by atoms with Crippen molar-refractivity contribution in [1.82, 2.24) is 15.1 Å². The molecule has 0 radical (unpaired) electrons. The van der Waals surface area contributed by atoms with Gasteiger partial charge in [0.05, 0.1) is 11.1 Å². The number of hydrogen-bond acceptors (Lipinski definition) is 2. The summed E-state index contributed by atoms with van der Waals surface area (Å²) < 4.78 is 26.3. The predicted molar refractivity (Wildman–Crippen MR) is 97.5 cm³/mol. The van der Waals surface area contributed by atoms with Crippen molar-refractivity contribution in [2.75, 3.05) is 45.9 Å². The van der Waals surface area contributed by atoms with Crippen molar-refractivity contribution < 1.29 is 8.78 Å². The van der Waals surface area contributed by atoms with Crippen LogP contribution in [0.3, 0.4) is 0 Å². The summed E-state index contributed by atoms with van der Waals surface area (Å²) in [6, 6.07) is 5.28. The molecule has 0 aliphatic carbocycles. The van der Waals surface area contributed by atoms with Crippen LogP contribution in [0.25, 0.3) is 0 Å². The maximum absolute atomic E-state index is 13.6. The number of rotatable bonds is 6. The number of nitrogens with zero attached hydrogens (tertiary/aromatic N) is 3. The Bertz CT molecular complexity index is 545. The lowest BCUT2D eigenvalue weighted by molar-refractivity contribution is 0.172. The molecular formula is C17H25BrF2N4. The predicted octanol–water partition coefficient (Wildman–Crippen LogP) is 3.03. The SMILES string of the molecule is CCNC(=NCCCF)N1CCN(Cc2ccc(Br)c(F)c2)CC1. The number of nitrogens with one attached hydrogen (secondary N) is 1. The first-order valence-electron chi connectivity index (χ1n) is 8.39. The van der Waals surface area contributed by atoms with Crippen LogP contribution in [0, 0.1) is 5.82 Å². The van der Waals surface area contributed by atoms with Gasteiger partial charge >= 0.3 is 0 Å². The highest BCUT2D eigenvalue weighted by atomic mass is 79.9. The third-order valence-electron chi connectivity index (χ3n) is 3.95. The topological polar surface area (TPSA) is 30.9 Å². The number of piperazine rings is 1. The van der Waals surface area contributed by atoms with Crippen LogP contribution in [0.1, 0.15) is 18.9 Å². The first-order valence-corrected chi connectivity index (χ1v) is 9.19. The van der Waals surface area contributed by atoms with Crippen LogP contribution >= 0.6 is 15.9 Å². The van der Waals surface area contributed by atoms with Crippen LogP contribution in [0.5, 0.6) is 0 Å². The van der Waals surface area contributed by atoms with E-state index in [0.29, 0.717) is 17.4 Å². The summed E-state index contributed by atoms with van der Waals surface area (Å²) in [4.78, 5) is 8.99. The molecule has 7 heteroatoms. The summed E-state index contributed by atoms with van der Waals surface area (Å²) in [7, 11) is 0. The monoisotopic (exact) mass is 402 g/mol. The molecule has 0 aromatic heterocycles. The van der Waals surface area contributed by atoms with Gasteiger partial charge in [0.25, 0.3) is 0 Å². The van der Waals surface area contributed by atoms with E-state index in [4.69, 9.17) is 0 Å². The number of benzene rings is 1. The molecule has 2 rings (SSSR count). The Morgan fingerprint density at radius 1 is 1.29 bits per heavy atom. The van der Waals surface area contributed by atoms with Crippen LogP contribution in [0.4, 0.5) is 8.78 Å². The van der Waals surface area contributed by atoms with Gasteiger partial charge < -0.3 is 10.2 Å². The molecule has 1 aliphatic heterocycles. The molecule has 0 saturated carbocycles. The van der Waals surface area contributed by atoms with Gasteiger partial charge in [0.2, 0.25) is 0 Å². The number of halogens is 3. The van der Waals surface area contributed by atoms with Gasteiger partial charge in [-0.3, -0.25) is 14.3 Å². The van der Waals surface area contributed by atoms with Gasteiger partial charge in [-0.05, 0) is 47.0 Å². The van der Waals surface area contributed by atoms with E-state index in [-0.39, 0.29) is 12.5 Å². The Kier molecular flexibility index (Phi) is 7.91. The summed E-state index contributed by atoms with van der Waals surface area (Å²) in [6.45, 7) is 7.26. The Morgan fingerprint density at radius 2 is 2.04 bits per heavy atom. The van der Waals surface area contributed by atoms with Crippen molar-refractivity contribution >= 4 is 21.9 Å². The van der Waals surface area contributed by atoms with Gasteiger partial charge in [0.15, 0.2) is 5.96 Å². The molecule has 0 bridgehead atoms. The average Bonchev–Trinajstić information content (AvgIpc) is 2.58. The molecule has 0 amide bonds. The van der Waals surface area contributed by atoms with Crippen LogP contribution in [-0.2, 0) is 6.54 Å². The third-order valence-corrected chi connectivity index (χ3v) is 4.59. The van der Waals surface area contributed by atoms with Crippen LogP contribution in [-0.4, -0.2) is 61.7 Å². The minimum absolute atomic E-state index is 0.222. The van der Waals surface area contributed by atoms with Gasteiger partial charge in [0, 0.05) is 45.8 Å². The van der Waals surface area contributed by atoms with Gasteiger partial charge in [-0.25, -0.2) is 4.39 Å². The van der Waals surface area contributed by atoms with E-state index < -0.39 is 0 Å². The molecular weight excluding hydrogens is 378 g/mol. The molecule has 0 atom stereocenters. The molecule has 1 N–H and O–H groups in total. The zero-order valence-corrected chi connectivity index (χ0v) is 15.7. The third kappa shape index (κ3) is 5.70. The summed E-state index contributed by atoms with van der Waals surface area (Å²) in [5.41, 5.74) is 0.979. The van der Waals surface area contributed by atoms with E-state index >= 15 is 0 Å². The Labute approximate surface area is 151 Å². The molecule has 1 aromatic rings. The number of aliphatic imine (C=N–C) groups is 1. The Hall–Kier alpha value is -1.21. The average molecular weight is 403 g/mol. The Balaban J connectivity index is 1.87. The second kappa shape index (κ2) is 9.93. The summed E-state index contributed by atoms with van der Waals surface area (Å²) >= 11 is 3.18. The fraction of sp³-hybridized carbons (Fsp3) is 0.588. The zero-order valence-electron chi connectivity index (χ0n) is 14.1. The fourth-order valence-electron chi connectivity index (χ4n) is 2.68. The molecule has 0 unspecified atom stereocenters. The van der Waals surface area contributed by atoms with Crippen molar-refractivity contribution in [2.24, 2.45) is 4.99 Å². The van der Waals surface area contributed by atoms with E-state index in [0.717, 1.165) is 50.8 Å². The first kappa shape index (κ1) is 19.1. The smallest absolute Gasteiger partial charge is 0.194 e. The van der Waals surface area contributed by atoms with Crippen molar-refractivity contribution in [3.05, 3.63) is 34.1 Å². The van der Waals surface area contributed by atoms with E-state index in [1.165, 1.54) is 0 Å². The molecule has 1 saturated heterocycles. The summed E-state index contributed by atoms with van der Waals surface area (Å²) in [5.74, 6) is 0.640. The number of guanidine groups is 1. The van der Waals surface area contributed by atoms with Crippen LogP contribution in [0.15, 0.2) is 27.7 Å². The molecule has 4 nitrogen and oxygen atoms in total. The molecule has 1 fully saturated rings. The van der Waals surface area contributed by atoms with Gasteiger partial charge in [-0.2, -0.15) is 0 Å². The second-order valence-corrected chi connectivity index (χ2v) is 6.64. The van der Waals surface area contributed by atoms with Crippen LogP contribution < -0.4 is 5.32 Å². The van der Waals surface area contributed by atoms with E-state index in [1.54, 1.807) is 12.1 Å². The van der Waals surface area contributed by atoms with Crippen molar-refractivity contribution in [3.8, 4) is 0 Å². The molecule has 134 valence electrons. The van der Waals surface area contributed by atoms with E-state index in [1.807, 2.05) is 13.0 Å². The highest BCUT2D eigenvalue weighted by Crippen LogP contribution is 2.18. The first-order chi connectivity index (χ1) is 11.6. The lowest BCUT2D eigenvalue weighted by Crippen LogP contribution is -2.52. The van der Waals surface area contributed by atoms with E-state index in [2.05, 4.69) is 36.0 Å². The number of hydrogen-bond donors (Lipinski definition) is 1. The van der Waals surface area contributed by atoms with Crippen LogP contribution in [0.2, 0.25) is 0 Å². The van der Waals surface area contributed by atoms with Crippen molar-refractivity contribution in [1.29, 1.82) is 0 Å². The summed E-state index contributed by atoms with van der Waals surface area (Å²) in [6.07, 6.45) is 0.462. The van der Waals surface area contributed by atoms with Gasteiger partial charge in [-0.1, -0.05) is 6.07 Å². The normalized spacial score (nSPS) is 16.5. The molecule has 0 spiro atoms. The van der Waals surface area contributed by atoms with E-state index in [9.17, 15) is 8.78 Å². The number of alkyl halides is 1. The Morgan fingerprint density at radius 3 is 2.67 bits per heavy atom. The lowest BCUT2D eigenvalue weighted by atomic mass is 10.2. The van der Waals surface area contributed by atoms with Gasteiger partial charge in [-0.15, -0.1) is 0 Å². The lowest BCUT2D eigenvalue weighted by Gasteiger charge is -2.36. The van der Waals surface area contributed by atoms with Crippen molar-refractivity contribution in [2.45, 2.75) is 19.9 Å². The maximum atomic E-state index is 13.6. The quantitative estimate of drug-likeness (QED) is 0.450. The molecule has 1 aliphatic rings. The van der Waals surface area contributed by atoms with Gasteiger partial charge in [0.1, 0.15) is 5.82 Å². The van der Waals surface area contributed by atoms with Crippen molar-refractivity contribution in [3.63, 3.8) is 0 Å². The largest absolute Gasteiger partial charge is 0.357 e. The zero-order chi connectivity index (χ0) is 17.4. The summed E-state index contributed by atoms with van der Waals surface area (Å²) in [5, 5.41) is 3.27. The minimum Gasteiger partial charge on any atom is -0.357 e. The fourth-order valence-corrected chi connectivity index (χ4v) is 2.93. The molecule has 1 aromatic carbocycles. The second-order valence-electron chi connectivity index (χ2n) is 5.79. The standard InChI is InChI=1S/C17H25BrF2N4/c1-2-21-17(22-7-3-6-19)24-10-8-23(9-11-24)13-14-4-5-15(18)16(20)12-14/h4-5,12H,2-3,6-11,13H2,1H3,(H,21,22). The highest BCUT2D eigenvalue weighted by molar-refractivity contribution is 9.10. The molecule has 1 heterocycles. The molecule has 24 heavy (non-hydrogen) atoms. The minimum atomic E-state index is -0.333. The maximum Gasteiger partial charge on any atom is 0.194 e. The highest BCUT2D eigenvalue weighted by Gasteiger charge is 2.19.